The molecular weight excluding hydrogens is 196 g/mol. The third-order valence-corrected chi connectivity index (χ3v) is 2.06. The van der Waals surface area contributed by atoms with Gasteiger partial charge in [0.05, 0.1) is 0 Å². The molecule has 0 aromatic rings. The van der Waals surface area contributed by atoms with E-state index in [1.807, 2.05) is 6.92 Å². The Hall–Kier alpha value is -0.900. The maximum atomic E-state index is 11.1. The standard InChI is InChI=1S/C11H20O4/c1-2-15-9-10(12)7-5-3-4-6-8-11(13)14/h2-9H2,1H3,(H,13,14). The lowest BCUT2D eigenvalue weighted by Crippen LogP contribution is -2.07. The Morgan fingerprint density at radius 1 is 1.07 bits per heavy atom. The van der Waals surface area contributed by atoms with E-state index in [-0.39, 0.29) is 18.8 Å². The van der Waals surface area contributed by atoms with Gasteiger partial charge in [-0.2, -0.15) is 0 Å². The first kappa shape index (κ1) is 14.1. The van der Waals surface area contributed by atoms with Gasteiger partial charge in [0, 0.05) is 19.4 Å². The Balaban J connectivity index is 3.16. The molecule has 0 aliphatic heterocycles. The molecular formula is C11H20O4. The van der Waals surface area contributed by atoms with Crippen molar-refractivity contribution >= 4 is 11.8 Å². The second kappa shape index (κ2) is 9.65. The summed E-state index contributed by atoms with van der Waals surface area (Å²) in [5.41, 5.74) is 0. The van der Waals surface area contributed by atoms with Crippen molar-refractivity contribution in [2.45, 2.75) is 45.4 Å². The Morgan fingerprint density at radius 2 is 1.67 bits per heavy atom. The molecule has 0 bridgehead atoms. The molecule has 0 aliphatic rings. The number of carbonyl (C=O) groups is 2. The lowest BCUT2D eigenvalue weighted by atomic mass is 10.1. The Labute approximate surface area is 90.6 Å². The van der Waals surface area contributed by atoms with Crippen molar-refractivity contribution in [1.82, 2.24) is 0 Å². The van der Waals surface area contributed by atoms with Gasteiger partial charge in [0.1, 0.15) is 6.61 Å². The molecule has 0 spiro atoms. The molecule has 0 amide bonds. The molecule has 0 radical (unpaired) electrons. The van der Waals surface area contributed by atoms with Crippen molar-refractivity contribution < 1.29 is 19.4 Å². The first-order chi connectivity index (χ1) is 7.16. The zero-order valence-corrected chi connectivity index (χ0v) is 9.33. The zero-order valence-electron chi connectivity index (χ0n) is 9.33. The largest absolute Gasteiger partial charge is 0.481 e. The van der Waals surface area contributed by atoms with Crippen LogP contribution in [0, 0.1) is 0 Å². The van der Waals surface area contributed by atoms with Gasteiger partial charge in [-0.3, -0.25) is 9.59 Å². The average molecular weight is 216 g/mol. The Bertz CT molecular complexity index is 189. The van der Waals surface area contributed by atoms with Crippen molar-refractivity contribution in [3.05, 3.63) is 0 Å². The molecule has 0 aliphatic carbocycles. The molecule has 0 rings (SSSR count). The normalized spacial score (nSPS) is 10.2. The SMILES string of the molecule is CCOCC(=O)CCCCCCC(=O)O. The van der Waals surface area contributed by atoms with Gasteiger partial charge < -0.3 is 9.84 Å². The summed E-state index contributed by atoms with van der Waals surface area (Å²) >= 11 is 0. The monoisotopic (exact) mass is 216 g/mol. The maximum absolute atomic E-state index is 11.1. The van der Waals surface area contributed by atoms with E-state index in [1.165, 1.54) is 0 Å². The summed E-state index contributed by atoms with van der Waals surface area (Å²) in [6.07, 6.45) is 4.12. The highest BCUT2D eigenvalue weighted by Crippen LogP contribution is 2.05. The first-order valence-corrected chi connectivity index (χ1v) is 5.48. The number of carbonyl (C=O) groups excluding carboxylic acids is 1. The Kier molecular flexibility index (Phi) is 9.07. The highest BCUT2D eigenvalue weighted by atomic mass is 16.5. The third-order valence-electron chi connectivity index (χ3n) is 2.06. The summed E-state index contributed by atoms with van der Waals surface area (Å²) in [7, 11) is 0. The molecule has 15 heavy (non-hydrogen) atoms. The van der Waals surface area contributed by atoms with Gasteiger partial charge in [0.15, 0.2) is 5.78 Å². The fourth-order valence-corrected chi connectivity index (χ4v) is 1.24. The fraction of sp³-hybridized carbons (Fsp3) is 0.818. The van der Waals surface area contributed by atoms with E-state index in [4.69, 9.17) is 9.84 Å². The minimum absolute atomic E-state index is 0.134. The number of unbranched alkanes of at least 4 members (excludes halogenated alkanes) is 3. The van der Waals surface area contributed by atoms with Gasteiger partial charge in [-0.1, -0.05) is 12.8 Å². The van der Waals surface area contributed by atoms with Gasteiger partial charge in [0.25, 0.3) is 0 Å². The number of hydrogen-bond acceptors (Lipinski definition) is 3. The topological polar surface area (TPSA) is 63.6 Å². The molecule has 4 nitrogen and oxygen atoms in total. The predicted molar refractivity (Wildman–Crippen MR) is 56.8 cm³/mol. The van der Waals surface area contributed by atoms with Crippen LogP contribution in [-0.2, 0) is 14.3 Å². The van der Waals surface area contributed by atoms with Gasteiger partial charge in [-0.15, -0.1) is 0 Å². The van der Waals surface area contributed by atoms with Crippen molar-refractivity contribution in [1.29, 1.82) is 0 Å². The first-order valence-electron chi connectivity index (χ1n) is 5.48. The van der Waals surface area contributed by atoms with Crippen LogP contribution in [0.25, 0.3) is 0 Å². The second-order valence-electron chi connectivity index (χ2n) is 3.48. The lowest BCUT2D eigenvalue weighted by molar-refractivity contribution is -0.137. The number of Topliss-reactive ketones (excluding diaryl/α,β-unsaturated/α-hetero) is 1. The van der Waals surface area contributed by atoms with E-state index in [9.17, 15) is 9.59 Å². The number of carboxylic acid groups (broad SMARTS) is 1. The molecule has 88 valence electrons. The summed E-state index contributed by atoms with van der Waals surface area (Å²) in [5.74, 6) is -0.613. The zero-order chi connectivity index (χ0) is 11.5. The highest BCUT2D eigenvalue weighted by molar-refractivity contribution is 5.79. The van der Waals surface area contributed by atoms with Crippen LogP contribution in [0.1, 0.15) is 45.4 Å². The number of rotatable bonds is 10. The highest BCUT2D eigenvalue weighted by Gasteiger charge is 2.01. The second-order valence-corrected chi connectivity index (χ2v) is 3.48. The molecule has 0 heterocycles. The molecule has 0 fully saturated rings. The molecule has 4 heteroatoms. The molecule has 0 unspecified atom stereocenters. The summed E-state index contributed by atoms with van der Waals surface area (Å²) < 4.78 is 4.98. The van der Waals surface area contributed by atoms with E-state index < -0.39 is 5.97 Å². The summed E-state index contributed by atoms with van der Waals surface area (Å²) in [5, 5.41) is 8.38. The van der Waals surface area contributed by atoms with Crippen molar-refractivity contribution in [3.8, 4) is 0 Å². The number of ketones is 1. The van der Waals surface area contributed by atoms with E-state index in [0.717, 1.165) is 19.3 Å². The average Bonchev–Trinajstić information content (AvgIpc) is 2.19. The molecule has 0 saturated heterocycles. The number of carboxylic acids is 1. The van der Waals surface area contributed by atoms with Crippen LogP contribution in [0.5, 0.6) is 0 Å². The molecule has 0 aromatic heterocycles. The number of aliphatic carboxylic acids is 1. The van der Waals surface area contributed by atoms with Gasteiger partial charge in [-0.05, 0) is 19.8 Å². The van der Waals surface area contributed by atoms with E-state index in [2.05, 4.69) is 0 Å². The van der Waals surface area contributed by atoms with E-state index >= 15 is 0 Å². The third kappa shape index (κ3) is 11.0. The van der Waals surface area contributed by atoms with Crippen molar-refractivity contribution in [2.24, 2.45) is 0 Å². The van der Waals surface area contributed by atoms with Crippen LogP contribution in [0.4, 0.5) is 0 Å². The number of hydrogen-bond donors (Lipinski definition) is 1. The van der Waals surface area contributed by atoms with Crippen LogP contribution >= 0.6 is 0 Å². The number of ether oxygens (including phenoxy) is 1. The maximum Gasteiger partial charge on any atom is 0.303 e. The summed E-state index contributed by atoms with van der Waals surface area (Å²) in [6, 6.07) is 0. The van der Waals surface area contributed by atoms with Crippen molar-refractivity contribution in [2.75, 3.05) is 13.2 Å². The molecule has 0 atom stereocenters. The van der Waals surface area contributed by atoms with Gasteiger partial charge in [-0.25, -0.2) is 0 Å². The molecule has 0 aromatic carbocycles. The predicted octanol–water partition coefficient (Wildman–Crippen LogP) is 2.02. The van der Waals surface area contributed by atoms with Crippen molar-refractivity contribution in [3.63, 3.8) is 0 Å². The van der Waals surface area contributed by atoms with Crippen LogP contribution in [-0.4, -0.2) is 30.1 Å². The minimum Gasteiger partial charge on any atom is -0.481 e. The smallest absolute Gasteiger partial charge is 0.303 e. The van der Waals surface area contributed by atoms with Crippen LogP contribution in [0.3, 0.4) is 0 Å². The lowest BCUT2D eigenvalue weighted by Gasteiger charge is -2.01. The van der Waals surface area contributed by atoms with Gasteiger partial charge in [0.2, 0.25) is 0 Å². The van der Waals surface area contributed by atoms with E-state index in [1.54, 1.807) is 0 Å². The van der Waals surface area contributed by atoms with Crippen LogP contribution in [0.15, 0.2) is 0 Å². The minimum atomic E-state index is -0.748. The molecule has 1 N–H and O–H groups in total. The Morgan fingerprint density at radius 3 is 2.20 bits per heavy atom. The summed E-state index contributed by atoms with van der Waals surface area (Å²) in [4.78, 5) is 21.3. The van der Waals surface area contributed by atoms with Gasteiger partial charge >= 0.3 is 5.97 Å². The van der Waals surface area contributed by atoms with Crippen LogP contribution < -0.4 is 0 Å². The van der Waals surface area contributed by atoms with Crippen LogP contribution in [0.2, 0.25) is 0 Å². The fourth-order valence-electron chi connectivity index (χ4n) is 1.24. The quantitative estimate of drug-likeness (QED) is 0.567. The van der Waals surface area contributed by atoms with E-state index in [0.29, 0.717) is 19.4 Å². The molecule has 0 saturated carbocycles. The summed E-state index contributed by atoms with van der Waals surface area (Å²) in [6.45, 7) is 2.65.